The largest absolute Gasteiger partial charge is 0.462 e. The van der Waals surface area contributed by atoms with E-state index in [9.17, 15) is 4.79 Å². The fraction of sp³-hybridized carbons (Fsp3) is 0.857. The number of rotatable bonds is 3. The highest BCUT2D eigenvalue weighted by Gasteiger charge is 2.29. The summed E-state index contributed by atoms with van der Waals surface area (Å²) >= 11 is 0. The second-order valence-electron chi connectivity index (χ2n) is 2.61. The smallest absolute Gasteiger partial charge is 0.309 e. The third-order valence-electron chi connectivity index (χ3n) is 1.70. The molecule has 1 N–H and O–H groups in total. The van der Waals surface area contributed by atoms with E-state index in [-0.39, 0.29) is 18.2 Å². The third-order valence-corrected chi connectivity index (χ3v) is 1.70. The predicted octanol–water partition coefficient (Wildman–Crippen LogP) is 0.463. The molecule has 2 unspecified atom stereocenters. The lowest BCUT2D eigenvalue weighted by Gasteiger charge is -2.26. The van der Waals surface area contributed by atoms with Gasteiger partial charge in [-0.1, -0.05) is 6.92 Å². The summed E-state index contributed by atoms with van der Waals surface area (Å²) in [6.45, 7) is 1.91. The lowest BCUT2D eigenvalue weighted by molar-refractivity contribution is -0.171. The molecule has 3 heteroatoms. The number of cyclic esters (lactones) is 1. The van der Waals surface area contributed by atoms with Gasteiger partial charge in [0, 0.05) is 6.42 Å². The van der Waals surface area contributed by atoms with Crippen molar-refractivity contribution in [2.45, 2.75) is 38.4 Å². The van der Waals surface area contributed by atoms with Crippen molar-refractivity contribution < 1.29 is 14.6 Å². The zero-order valence-corrected chi connectivity index (χ0v) is 6.04. The summed E-state index contributed by atoms with van der Waals surface area (Å²) in [5.41, 5.74) is 0. The summed E-state index contributed by atoms with van der Waals surface area (Å²) in [5.74, 6) is -0.145. The van der Waals surface area contributed by atoms with Gasteiger partial charge in [0.05, 0.1) is 12.5 Å². The van der Waals surface area contributed by atoms with Crippen molar-refractivity contribution in [2.24, 2.45) is 0 Å². The van der Waals surface area contributed by atoms with Gasteiger partial charge in [0.25, 0.3) is 0 Å². The predicted molar refractivity (Wildman–Crippen MR) is 35.4 cm³/mol. The second kappa shape index (κ2) is 3.01. The monoisotopic (exact) mass is 144 g/mol. The van der Waals surface area contributed by atoms with Crippen molar-refractivity contribution in [1.82, 2.24) is 0 Å². The maximum atomic E-state index is 10.3. The van der Waals surface area contributed by atoms with E-state index in [4.69, 9.17) is 9.84 Å². The highest BCUT2D eigenvalue weighted by Crippen LogP contribution is 2.18. The maximum Gasteiger partial charge on any atom is 0.309 e. The summed E-state index contributed by atoms with van der Waals surface area (Å²) in [7, 11) is 0. The minimum Gasteiger partial charge on any atom is -0.462 e. The fourth-order valence-electron chi connectivity index (χ4n) is 0.964. The van der Waals surface area contributed by atoms with Crippen molar-refractivity contribution in [3.8, 4) is 0 Å². The van der Waals surface area contributed by atoms with Gasteiger partial charge in [-0.15, -0.1) is 0 Å². The van der Waals surface area contributed by atoms with Crippen molar-refractivity contribution in [3.05, 3.63) is 0 Å². The molecule has 0 bridgehead atoms. The van der Waals surface area contributed by atoms with E-state index in [1.807, 2.05) is 6.92 Å². The van der Waals surface area contributed by atoms with E-state index in [1.165, 1.54) is 0 Å². The molecule has 0 aromatic carbocycles. The average Bonchev–Trinajstić information content (AvgIpc) is 1.84. The number of ether oxygens (including phenoxy) is 1. The van der Waals surface area contributed by atoms with Gasteiger partial charge in [0.1, 0.15) is 6.10 Å². The molecule has 58 valence electrons. The number of hydrogen-bond acceptors (Lipinski definition) is 3. The molecule has 0 aliphatic carbocycles. The van der Waals surface area contributed by atoms with Crippen molar-refractivity contribution in [2.75, 3.05) is 0 Å². The van der Waals surface area contributed by atoms with Gasteiger partial charge in [-0.05, 0) is 6.42 Å². The number of carbonyl (C=O) groups is 1. The van der Waals surface area contributed by atoms with Crippen LogP contribution in [0.1, 0.15) is 26.2 Å². The fourth-order valence-corrected chi connectivity index (χ4v) is 0.964. The summed E-state index contributed by atoms with van der Waals surface area (Å²) in [6, 6.07) is 0. The highest BCUT2D eigenvalue weighted by atomic mass is 16.6. The zero-order valence-electron chi connectivity index (χ0n) is 6.04. The van der Waals surface area contributed by atoms with E-state index < -0.39 is 0 Å². The van der Waals surface area contributed by atoms with Crippen LogP contribution in [0.2, 0.25) is 0 Å². The molecule has 0 aromatic rings. The summed E-state index contributed by atoms with van der Waals surface area (Å²) in [5, 5.41) is 9.09. The molecule has 0 spiro atoms. The average molecular weight is 144 g/mol. The molecule has 1 aliphatic heterocycles. The molecule has 0 radical (unpaired) electrons. The minimum absolute atomic E-state index is 0.0116. The van der Waals surface area contributed by atoms with E-state index in [0.29, 0.717) is 12.8 Å². The summed E-state index contributed by atoms with van der Waals surface area (Å²) in [6.07, 6.45) is 1.49. The van der Waals surface area contributed by atoms with Crippen LogP contribution < -0.4 is 0 Å². The minimum atomic E-state index is -0.307. The Kier molecular flexibility index (Phi) is 2.27. The van der Waals surface area contributed by atoms with Crippen LogP contribution in [-0.2, 0) is 9.53 Å². The van der Waals surface area contributed by atoms with Gasteiger partial charge < -0.3 is 9.84 Å². The first-order valence-electron chi connectivity index (χ1n) is 3.60. The van der Waals surface area contributed by atoms with Gasteiger partial charge in [-0.3, -0.25) is 4.79 Å². The SMILES string of the molecule is CCC(O)CC1CC(=O)O1. The highest BCUT2D eigenvalue weighted by molar-refractivity contribution is 5.75. The Morgan fingerprint density at radius 3 is 2.90 bits per heavy atom. The van der Waals surface area contributed by atoms with Crippen molar-refractivity contribution >= 4 is 5.97 Å². The van der Waals surface area contributed by atoms with E-state index in [1.54, 1.807) is 0 Å². The quantitative estimate of drug-likeness (QED) is 0.585. The Balaban J connectivity index is 2.10. The molecule has 1 heterocycles. The van der Waals surface area contributed by atoms with E-state index in [0.717, 1.165) is 6.42 Å². The van der Waals surface area contributed by atoms with Crippen molar-refractivity contribution in [1.29, 1.82) is 0 Å². The van der Waals surface area contributed by atoms with Gasteiger partial charge in [-0.25, -0.2) is 0 Å². The maximum absolute atomic E-state index is 10.3. The van der Waals surface area contributed by atoms with E-state index >= 15 is 0 Å². The van der Waals surface area contributed by atoms with Crippen LogP contribution in [0.25, 0.3) is 0 Å². The Bertz CT molecular complexity index is 125. The van der Waals surface area contributed by atoms with Gasteiger partial charge in [0.2, 0.25) is 0 Å². The molecule has 1 rings (SSSR count). The first-order chi connectivity index (χ1) is 4.72. The molecule has 10 heavy (non-hydrogen) atoms. The lowest BCUT2D eigenvalue weighted by Crippen LogP contribution is -2.35. The molecule has 0 amide bonds. The second-order valence-corrected chi connectivity index (χ2v) is 2.61. The standard InChI is InChI=1S/C7H12O3/c1-2-5(8)3-6-4-7(9)10-6/h5-6,8H,2-4H2,1H3. The molecule has 1 saturated heterocycles. The van der Waals surface area contributed by atoms with Crippen LogP contribution in [0.15, 0.2) is 0 Å². The van der Waals surface area contributed by atoms with Crippen molar-refractivity contribution in [3.63, 3.8) is 0 Å². The molecular weight excluding hydrogens is 132 g/mol. The van der Waals surface area contributed by atoms with Crippen LogP contribution in [0.5, 0.6) is 0 Å². The van der Waals surface area contributed by atoms with E-state index in [2.05, 4.69) is 0 Å². The normalized spacial score (nSPS) is 27.0. The third kappa shape index (κ3) is 1.70. The summed E-state index contributed by atoms with van der Waals surface area (Å²) in [4.78, 5) is 10.3. The van der Waals surface area contributed by atoms with Gasteiger partial charge in [0.15, 0.2) is 0 Å². The molecule has 0 aromatic heterocycles. The molecule has 3 nitrogen and oxygen atoms in total. The van der Waals surface area contributed by atoms with Gasteiger partial charge in [-0.2, -0.15) is 0 Å². The molecule has 1 fully saturated rings. The summed E-state index contributed by atoms with van der Waals surface area (Å²) < 4.78 is 4.71. The number of esters is 1. The molecule has 0 saturated carbocycles. The first kappa shape index (κ1) is 7.54. The molecule has 1 aliphatic rings. The van der Waals surface area contributed by atoms with Crippen LogP contribution >= 0.6 is 0 Å². The topological polar surface area (TPSA) is 46.5 Å². The first-order valence-corrected chi connectivity index (χ1v) is 3.60. The Morgan fingerprint density at radius 2 is 2.50 bits per heavy atom. The number of hydrogen-bond donors (Lipinski definition) is 1. The Morgan fingerprint density at radius 1 is 1.90 bits per heavy atom. The lowest BCUT2D eigenvalue weighted by atomic mass is 10.0. The molecule has 2 atom stereocenters. The number of carbonyl (C=O) groups excluding carboxylic acids is 1. The van der Waals surface area contributed by atoms with Crippen LogP contribution in [-0.4, -0.2) is 23.3 Å². The van der Waals surface area contributed by atoms with Crippen LogP contribution in [0, 0.1) is 0 Å². The number of aliphatic hydroxyl groups is 1. The number of aliphatic hydroxyl groups excluding tert-OH is 1. The molecular formula is C7H12O3. The zero-order chi connectivity index (χ0) is 7.56. The van der Waals surface area contributed by atoms with Crippen LogP contribution in [0.3, 0.4) is 0 Å². The Hall–Kier alpha value is -0.570. The van der Waals surface area contributed by atoms with Crippen LogP contribution in [0.4, 0.5) is 0 Å². The van der Waals surface area contributed by atoms with Gasteiger partial charge >= 0.3 is 5.97 Å². The Labute approximate surface area is 60.0 Å².